The Morgan fingerprint density at radius 1 is 1.29 bits per heavy atom. The van der Waals surface area contributed by atoms with Crippen LogP contribution in [0.5, 0.6) is 0 Å². The first-order valence-electron chi connectivity index (χ1n) is 6.92. The van der Waals surface area contributed by atoms with Crippen molar-refractivity contribution in [3.8, 4) is 0 Å². The minimum absolute atomic E-state index is 0.0465. The summed E-state index contributed by atoms with van der Waals surface area (Å²) in [5.41, 5.74) is -1.97. The van der Waals surface area contributed by atoms with Crippen LogP contribution in [0.1, 0.15) is 24.5 Å². The van der Waals surface area contributed by atoms with E-state index >= 15 is 0 Å². The van der Waals surface area contributed by atoms with Crippen molar-refractivity contribution >= 4 is 0 Å². The van der Waals surface area contributed by atoms with Crippen LogP contribution in [-0.2, 0) is 17.3 Å². The third kappa shape index (κ3) is 4.97. The van der Waals surface area contributed by atoms with Crippen LogP contribution in [0, 0.1) is 0 Å². The zero-order chi connectivity index (χ0) is 15.5. The lowest BCUT2D eigenvalue weighted by Gasteiger charge is -2.30. The molecule has 118 valence electrons. The van der Waals surface area contributed by atoms with Gasteiger partial charge in [-0.3, -0.25) is 0 Å². The highest BCUT2D eigenvalue weighted by Gasteiger charge is 2.32. The molecule has 0 aromatic heterocycles. The molecule has 1 heterocycles. The van der Waals surface area contributed by atoms with E-state index in [0.717, 1.165) is 12.1 Å². The minimum atomic E-state index is -4.40. The van der Waals surface area contributed by atoms with Crippen LogP contribution in [-0.4, -0.2) is 31.5 Å². The van der Waals surface area contributed by atoms with Gasteiger partial charge in [0.15, 0.2) is 0 Å². The number of hydrogen-bond donors (Lipinski definition) is 1. The molecule has 2 atom stereocenters. The monoisotopic (exact) mass is 305 g/mol. The second kappa shape index (κ2) is 6.32. The predicted molar refractivity (Wildman–Crippen MR) is 71.9 cm³/mol. The van der Waals surface area contributed by atoms with E-state index in [9.17, 15) is 17.6 Å². The van der Waals surface area contributed by atoms with Gasteiger partial charge in [0.2, 0.25) is 0 Å². The molecule has 0 amide bonds. The van der Waals surface area contributed by atoms with Crippen LogP contribution in [0.4, 0.5) is 17.6 Å². The molecule has 1 aromatic rings. The van der Waals surface area contributed by atoms with Crippen molar-refractivity contribution in [1.29, 1.82) is 0 Å². The van der Waals surface area contributed by atoms with E-state index in [1.165, 1.54) is 19.1 Å². The average molecular weight is 305 g/mol. The number of rotatable bonds is 4. The van der Waals surface area contributed by atoms with E-state index in [1.54, 1.807) is 0 Å². The largest absolute Gasteiger partial charge is 0.416 e. The normalized spacial score (nSPS) is 22.8. The molecule has 2 rings (SSSR count). The second-order valence-corrected chi connectivity index (χ2v) is 5.72. The molecule has 1 aliphatic rings. The van der Waals surface area contributed by atoms with Crippen molar-refractivity contribution in [2.75, 3.05) is 19.8 Å². The summed E-state index contributed by atoms with van der Waals surface area (Å²) in [6.07, 6.45) is -4.24. The molecule has 2 nitrogen and oxygen atoms in total. The highest BCUT2D eigenvalue weighted by molar-refractivity contribution is 5.26. The van der Waals surface area contributed by atoms with E-state index < -0.39 is 17.4 Å². The fraction of sp³-hybridized carbons (Fsp3) is 0.600. The number of ether oxygens (including phenoxy) is 1. The highest BCUT2D eigenvalue weighted by atomic mass is 19.4. The Kier molecular flexibility index (Phi) is 4.88. The Bertz CT molecular complexity index is 467. The lowest BCUT2D eigenvalue weighted by molar-refractivity contribution is -0.137. The van der Waals surface area contributed by atoms with Gasteiger partial charge in [0.25, 0.3) is 0 Å². The Balaban J connectivity index is 2.02. The molecule has 6 heteroatoms. The van der Waals surface area contributed by atoms with Crippen LogP contribution < -0.4 is 5.32 Å². The van der Waals surface area contributed by atoms with Gasteiger partial charge in [0, 0.05) is 19.0 Å². The number of halogens is 4. The highest BCUT2D eigenvalue weighted by Crippen LogP contribution is 2.31. The van der Waals surface area contributed by atoms with Gasteiger partial charge >= 0.3 is 6.18 Å². The number of nitrogens with one attached hydrogen (secondary N) is 1. The summed E-state index contributed by atoms with van der Waals surface area (Å²) in [6.45, 7) is 3.13. The second-order valence-electron chi connectivity index (χ2n) is 5.72. The fourth-order valence-corrected chi connectivity index (χ4v) is 2.62. The summed E-state index contributed by atoms with van der Waals surface area (Å²) in [7, 11) is 0. The van der Waals surface area contributed by atoms with Gasteiger partial charge in [-0.05, 0) is 25.0 Å². The van der Waals surface area contributed by atoms with Crippen LogP contribution in [0.25, 0.3) is 0 Å². The molecule has 1 saturated heterocycles. The molecule has 0 radical (unpaired) electrons. The summed E-state index contributed by atoms with van der Waals surface area (Å²) in [5.74, 6) is 0. The number of morpholine rings is 1. The summed E-state index contributed by atoms with van der Waals surface area (Å²) >= 11 is 0. The summed E-state index contributed by atoms with van der Waals surface area (Å²) in [4.78, 5) is 0. The predicted octanol–water partition coefficient (Wildman–Crippen LogP) is 3.35. The van der Waals surface area contributed by atoms with E-state index in [2.05, 4.69) is 5.32 Å². The van der Waals surface area contributed by atoms with Gasteiger partial charge in [0.05, 0.1) is 18.8 Å². The fourth-order valence-electron chi connectivity index (χ4n) is 2.62. The smallest absolute Gasteiger partial charge is 0.379 e. The molecule has 2 unspecified atom stereocenters. The van der Waals surface area contributed by atoms with Gasteiger partial charge in [0.1, 0.15) is 5.67 Å². The molecular formula is C15H19F4NO. The maximum atomic E-state index is 14.6. The molecule has 0 spiro atoms. The van der Waals surface area contributed by atoms with Gasteiger partial charge in [-0.25, -0.2) is 4.39 Å². The molecule has 0 aliphatic carbocycles. The lowest BCUT2D eigenvalue weighted by Crippen LogP contribution is -2.45. The van der Waals surface area contributed by atoms with Crippen molar-refractivity contribution in [2.24, 2.45) is 0 Å². The number of benzene rings is 1. The SMILES string of the molecule is CC(F)(Cc1cccc(C(F)(F)F)c1)CC1COCCN1. The Morgan fingerprint density at radius 3 is 2.67 bits per heavy atom. The van der Waals surface area contributed by atoms with Gasteiger partial charge in [-0.15, -0.1) is 0 Å². The van der Waals surface area contributed by atoms with E-state index in [0.29, 0.717) is 25.3 Å². The number of alkyl halides is 4. The Morgan fingerprint density at radius 2 is 2.05 bits per heavy atom. The molecule has 0 saturated carbocycles. The molecule has 0 bridgehead atoms. The summed E-state index contributed by atoms with van der Waals surface area (Å²) in [6, 6.07) is 4.76. The van der Waals surface area contributed by atoms with Gasteiger partial charge in [-0.2, -0.15) is 13.2 Å². The third-order valence-corrected chi connectivity index (χ3v) is 3.50. The standard InChI is InChI=1S/C15H19F4NO/c1-14(16,9-13-10-21-6-5-20-13)8-11-3-2-4-12(7-11)15(17,18)19/h2-4,7,13,20H,5-6,8-10H2,1H3. The van der Waals surface area contributed by atoms with E-state index in [1.807, 2.05) is 0 Å². The molecule has 21 heavy (non-hydrogen) atoms. The van der Waals surface area contributed by atoms with Gasteiger partial charge < -0.3 is 10.1 Å². The Labute approximate surface area is 121 Å². The molecule has 1 N–H and O–H groups in total. The maximum absolute atomic E-state index is 14.6. The lowest BCUT2D eigenvalue weighted by atomic mass is 9.90. The first kappa shape index (κ1) is 16.2. The first-order chi connectivity index (χ1) is 9.76. The van der Waals surface area contributed by atoms with Crippen molar-refractivity contribution < 1.29 is 22.3 Å². The van der Waals surface area contributed by atoms with E-state index in [-0.39, 0.29) is 18.9 Å². The minimum Gasteiger partial charge on any atom is -0.379 e. The molecule has 1 fully saturated rings. The van der Waals surface area contributed by atoms with Crippen molar-refractivity contribution in [3.63, 3.8) is 0 Å². The maximum Gasteiger partial charge on any atom is 0.416 e. The molecule has 1 aliphatic heterocycles. The van der Waals surface area contributed by atoms with Crippen LogP contribution >= 0.6 is 0 Å². The van der Waals surface area contributed by atoms with E-state index in [4.69, 9.17) is 4.74 Å². The first-order valence-corrected chi connectivity index (χ1v) is 6.92. The summed E-state index contributed by atoms with van der Waals surface area (Å²) < 4.78 is 57.8. The van der Waals surface area contributed by atoms with Gasteiger partial charge in [-0.1, -0.05) is 18.2 Å². The third-order valence-electron chi connectivity index (χ3n) is 3.50. The topological polar surface area (TPSA) is 21.3 Å². The van der Waals surface area contributed by atoms with Crippen LogP contribution in [0.15, 0.2) is 24.3 Å². The zero-order valence-electron chi connectivity index (χ0n) is 11.8. The van der Waals surface area contributed by atoms with Crippen molar-refractivity contribution in [1.82, 2.24) is 5.32 Å². The quantitative estimate of drug-likeness (QED) is 0.861. The Hall–Kier alpha value is -1.14. The van der Waals surface area contributed by atoms with Crippen LogP contribution in [0.2, 0.25) is 0 Å². The zero-order valence-corrected chi connectivity index (χ0v) is 11.8. The molecular weight excluding hydrogens is 286 g/mol. The summed E-state index contributed by atoms with van der Waals surface area (Å²) in [5, 5.41) is 3.15. The molecule has 1 aromatic carbocycles. The van der Waals surface area contributed by atoms with Crippen LogP contribution in [0.3, 0.4) is 0 Å². The van der Waals surface area contributed by atoms with Crippen molar-refractivity contribution in [3.05, 3.63) is 35.4 Å². The number of hydrogen-bond acceptors (Lipinski definition) is 2. The average Bonchev–Trinajstić information content (AvgIpc) is 2.38. The van der Waals surface area contributed by atoms with Crippen molar-refractivity contribution in [2.45, 2.75) is 37.7 Å².